The molecule has 2 heterocycles. The largest absolute Gasteiger partial charge is 0.369 e. The van der Waals surface area contributed by atoms with Gasteiger partial charge in [0.25, 0.3) is 0 Å². The fraction of sp³-hybridized carbons (Fsp3) is 0.391. The number of amides is 2. The van der Waals surface area contributed by atoms with E-state index < -0.39 is 11.7 Å². The van der Waals surface area contributed by atoms with Crippen molar-refractivity contribution in [3.05, 3.63) is 53.3 Å². The molecule has 0 aromatic heterocycles. The molecule has 6 nitrogen and oxygen atoms in total. The predicted octanol–water partition coefficient (Wildman–Crippen LogP) is 3.34. The average molecular weight is 410 g/mol. The van der Waals surface area contributed by atoms with Crippen molar-refractivity contribution in [1.82, 2.24) is 4.90 Å². The average Bonchev–Trinajstić information content (AvgIpc) is 2.74. The molecule has 0 radical (unpaired) electrons. The molecule has 1 unspecified atom stereocenters. The Labute approximate surface area is 176 Å². The third-order valence-corrected chi connectivity index (χ3v) is 6.02. The van der Waals surface area contributed by atoms with E-state index in [1.54, 1.807) is 6.07 Å². The minimum absolute atomic E-state index is 0.0449. The van der Waals surface area contributed by atoms with Crippen molar-refractivity contribution < 1.29 is 14.0 Å². The Balaban J connectivity index is 1.48. The maximum Gasteiger partial charge on any atom is 0.232 e. The summed E-state index contributed by atoms with van der Waals surface area (Å²) in [5.74, 6) is -1.63. The summed E-state index contributed by atoms with van der Waals surface area (Å²) in [5.41, 5.74) is 3.85. The Morgan fingerprint density at radius 2 is 1.93 bits per heavy atom. The van der Waals surface area contributed by atoms with E-state index in [0.717, 1.165) is 49.7 Å². The number of benzene rings is 2. The lowest BCUT2D eigenvalue weighted by molar-refractivity contribution is -0.123. The van der Waals surface area contributed by atoms with E-state index in [1.807, 2.05) is 19.1 Å². The maximum atomic E-state index is 13.5. The van der Waals surface area contributed by atoms with Gasteiger partial charge in [-0.2, -0.15) is 0 Å². The number of piperazine rings is 1. The molecule has 2 aromatic rings. The van der Waals surface area contributed by atoms with Crippen LogP contribution in [0.2, 0.25) is 0 Å². The fourth-order valence-corrected chi connectivity index (χ4v) is 4.20. The molecular formula is C23H27FN4O2. The number of likely N-dealkylation sites (N-methyl/N-ethyl adjacent to an activating group) is 1. The zero-order chi connectivity index (χ0) is 21.3. The predicted molar refractivity (Wildman–Crippen MR) is 117 cm³/mol. The van der Waals surface area contributed by atoms with E-state index in [4.69, 9.17) is 0 Å². The Bertz CT molecular complexity index is 970. The van der Waals surface area contributed by atoms with E-state index in [9.17, 15) is 14.0 Å². The first-order valence-electron chi connectivity index (χ1n) is 10.4. The molecule has 30 heavy (non-hydrogen) atoms. The van der Waals surface area contributed by atoms with Crippen LogP contribution in [0.3, 0.4) is 0 Å². The summed E-state index contributed by atoms with van der Waals surface area (Å²) in [6, 6.07) is 10.2. The van der Waals surface area contributed by atoms with E-state index in [2.05, 4.69) is 33.4 Å². The number of halogens is 1. The summed E-state index contributed by atoms with van der Waals surface area (Å²) in [4.78, 5) is 29.8. The van der Waals surface area contributed by atoms with Crippen LogP contribution in [-0.4, -0.2) is 49.4 Å². The molecule has 4 rings (SSSR count). The molecule has 0 saturated carbocycles. The van der Waals surface area contributed by atoms with E-state index in [0.29, 0.717) is 11.3 Å². The number of nitrogens with one attached hydrogen (secondary N) is 2. The van der Waals surface area contributed by atoms with Crippen molar-refractivity contribution in [2.75, 3.05) is 48.3 Å². The first-order chi connectivity index (χ1) is 14.4. The second-order valence-electron chi connectivity index (χ2n) is 7.95. The molecule has 0 spiro atoms. The number of fused-ring (bicyclic) bond motifs is 1. The number of carbonyl (C=O) groups is 2. The van der Waals surface area contributed by atoms with Gasteiger partial charge >= 0.3 is 0 Å². The van der Waals surface area contributed by atoms with Crippen LogP contribution in [0.15, 0.2) is 36.4 Å². The Morgan fingerprint density at radius 1 is 1.17 bits per heavy atom. The van der Waals surface area contributed by atoms with Crippen LogP contribution in [0.25, 0.3) is 0 Å². The molecule has 2 aliphatic rings. The van der Waals surface area contributed by atoms with Gasteiger partial charge in [-0.1, -0.05) is 13.0 Å². The number of hydrogen-bond donors (Lipinski definition) is 2. The number of aryl methyl sites for hydroxylation is 1. The normalized spacial score (nSPS) is 19.2. The van der Waals surface area contributed by atoms with E-state index in [1.165, 1.54) is 12.1 Å². The number of rotatable bonds is 4. The Hall–Kier alpha value is -2.93. The van der Waals surface area contributed by atoms with Gasteiger partial charge in [0, 0.05) is 49.7 Å². The minimum atomic E-state index is -0.643. The number of hydrogen-bond acceptors (Lipinski definition) is 4. The molecule has 2 aliphatic heterocycles. The van der Waals surface area contributed by atoms with Crippen LogP contribution >= 0.6 is 0 Å². The summed E-state index contributed by atoms with van der Waals surface area (Å²) < 4.78 is 13.5. The molecule has 0 bridgehead atoms. The minimum Gasteiger partial charge on any atom is -0.369 e. The van der Waals surface area contributed by atoms with Crippen LogP contribution < -0.4 is 15.5 Å². The van der Waals surface area contributed by atoms with Gasteiger partial charge in [-0.15, -0.1) is 0 Å². The monoisotopic (exact) mass is 410 g/mol. The molecule has 1 fully saturated rings. The maximum absolute atomic E-state index is 13.5. The number of anilines is 3. The van der Waals surface area contributed by atoms with E-state index in [-0.39, 0.29) is 18.2 Å². The van der Waals surface area contributed by atoms with Crippen molar-refractivity contribution >= 4 is 28.9 Å². The highest BCUT2D eigenvalue weighted by molar-refractivity contribution is 6.05. The van der Waals surface area contributed by atoms with Crippen molar-refractivity contribution in [1.29, 1.82) is 0 Å². The van der Waals surface area contributed by atoms with Crippen molar-refractivity contribution in [3.8, 4) is 0 Å². The highest BCUT2D eigenvalue weighted by atomic mass is 19.1. The van der Waals surface area contributed by atoms with Gasteiger partial charge < -0.3 is 20.4 Å². The first kappa shape index (κ1) is 20.3. The van der Waals surface area contributed by atoms with Gasteiger partial charge in [0.05, 0.1) is 5.92 Å². The van der Waals surface area contributed by atoms with Gasteiger partial charge in [-0.05, 0) is 54.9 Å². The lowest BCUT2D eigenvalue weighted by Gasteiger charge is -2.35. The SMILES string of the molecule is CCN1CCN(c2ccc(NC(=O)C3CC(=O)Nc4cc(F)ccc43)c(C)c2)CC1. The first-order valence-corrected chi connectivity index (χ1v) is 10.4. The third-order valence-electron chi connectivity index (χ3n) is 6.02. The van der Waals surface area contributed by atoms with Crippen molar-refractivity contribution in [3.63, 3.8) is 0 Å². The molecule has 0 aliphatic carbocycles. The van der Waals surface area contributed by atoms with Gasteiger partial charge in [-0.3, -0.25) is 9.59 Å². The van der Waals surface area contributed by atoms with Crippen LogP contribution in [-0.2, 0) is 9.59 Å². The summed E-state index contributed by atoms with van der Waals surface area (Å²) in [6.45, 7) is 9.32. The zero-order valence-electron chi connectivity index (χ0n) is 17.4. The molecule has 1 atom stereocenters. The Kier molecular flexibility index (Phi) is 5.72. The molecule has 7 heteroatoms. The standard InChI is InChI=1S/C23H27FN4O2/c1-3-27-8-10-28(11-9-27)17-5-7-20(15(2)12-17)26-23(30)19-14-22(29)25-21-13-16(24)4-6-18(19)21/h4-7,12-13,19H,3,8-11,14H2,1-2H3,(H,25,29)(H,26,30). The van der Waals surface area contributed by atoms with Crippen molar-refractivity contribution in [2.24, 2.45) is 0 Å². The molecular weight excluding hydrogens is 383 g/mol. The summed E-state index contributed by atoms with van der Waals surface area (Å²) >= 11 is 0. The second kappa shape index (κ2) is 8.44. The molecule has 1 saturated heterocycles. The van der Waals surface area contributed by atoms with Gasteiger partial charge in [0.1, 0.15) is 5.82 Å². The lowest BCUT2D eigenvalue weighted by Crippen LogP contribution is -2.46. The highest BCUT2D eigenvalue weighted by Crippen LogP contribution is 2.34. The molecule has 2 N–H and O–H groups in total. The van der Waals surface area contributed by atoms with Crippen LogP contribution in [0.1, 0.15) is 30.4 Å². The number of carbonyl (C=O) groups excluding carboxylic acids is 2. The van der Waals surface area contributed by atoms with Gasteiger partial charge in [0.2, 0.25) is 11.8 Å². The summed E-state index contributed by atoms with van der Waals surface area (Å²) in [7, 11) is 0. The smallest absolute Gasteiger partial charge is 0.232 e. The van der Waals surface area contributed by atoms with Gasteiger partial charge in [-0.25, -0.2) is 4.39 Å². The summed E-state index contributed by atoms with van der Waals surface area (Å²) in [6.07, 6.45) is 0.0449. The quantitative estimate of drug-likeness (QED) is 0.812. The fourth-order valence-electron chi connectivity index (χ4n) is 4.20. The van der Waals surface area contributed by atoms with Crippen LogP contribution in [0.5, 0.6) is 0 Å². The van der Waals surface area contributed by atoms with Crippen LogP contribution in [0, 0.1) is 12.7 Å². The third kappa shape index (κ3) is 4.16. The lowest BCUT2D eigenvalue weighted by atomic mass is 9.89. The second-order valence-corrected chi connectivity index (χ2v) is 7.95. The van der Waals surface area contributed by atoms with E-state index >= 15 is 0 Å². The zero-order valence-corrected chi connectivity index (χ0v) is 17.4. The molecule has 2 aromatic carbocycles. The Morgan fingerprint density at radius 3 is 2.63 bits per heavy atom. The highest BCUT2D eigenvalue weighted by Gasteiger charge is 2.31. The topological polar surface area (TPSA) is 64.7 Å². The van der Waals surface area contributed by atoms with Crippen LogP contribution in [0.4, 0.5) is 21.5 Å². The van der Waals surface area contributed by atoms with Gasteiger partial charge in [0.15, 0.2) is 0 Å². The number of nitrogens with zero attached hydrogens (tertiary/aromatic N) is 2. The molecule has 158 valence electrons. The summed E-state index contributed by atoms with van der Waals surface area (Å²) in [5, 5.41) is 5.61. The van der Waals surface area contributed by atoms with Crippen molar-refractivity contribution in [2.45, 2.75) is 26.2 Å². The molecule has 2 amide bonds.